The van der Waals surface area contributed by atoms with E-state index < -0.39 is 0 Å². The molecule has 5 rings (SSSR count). The lowest BCUT2D eigenvalue weighted by atomic mass is 10.0. The van der Waals surface area contributed by atoms with Gasteiger partial charge in [-0.2, -0.15) is 5.10 Å². The number of anilines is 1. The molecule has 1 aliphatic heterocycles. The van der Waals surface area contributed by atoms with Crippen molar-refractivity contribution in [2.45, 2.75) is 13.0 Å². The number of benzene rings is 2. The molecule has 1 aliphatic rings. The van der Waals surface area contributed by atoms with Crippen LogP contribution in [0.2, 0.25) is 0 Å². The number of carbonyl (C=O) groups is 1. The van der Waals surface area contributed by atoms with Gasteiger partial charge in [0.15, 0.2) is 5.65 Å². The molecule has 2 N–H and O–H groups in total. The average molecular weight is 444 g/mol. The zero-order valence-electron chi connectivity index (χ0n) is 18.3. The number of fused-ring (bicyclic) bond motifs is 4. The molecule has 33 heavy (non-hydrogen) atoms. The molecule has 2 aromatic carbocycles. The largest absolute Gasteiger partial charge is 0.490 e. The van der Waals surface area contributed by atoms with Crippen LogP contribution in [-0.4, -0.2) is 46.9 Å². The van der Waals surface area contributed by atoms with Gasteiger partial charge in [-0.05, 0) is 36.2 Å². The first-order chi connectivity index (χ1) is 16.2. The first-order valence-corrected chi connectivity index (χ1v) is 11.0. The summed E-state index contributed by atoms with van der Waals surface area (Å²) in [5, 5.41) is 10.7. The van der Waals surface area contributed by atoms with Gasteiger partial charge in [0.05, 0.1) is 31.0 Å². The SMILES string of the molecule is CC(NC(=O)c1ccc2cc1OCCOCCNc1ccn3ncc-2c3n1)c1ccccc1. The number of hydrogen-bond acceptors (Lipinski definition) is 6. The first kappa shape index (κ1) is 21.0. The molecule has 0 aliphatic carbocycles. The van der Waals surface area contributed by atoms with E-state index in [4.69, 9.17) is 14.5 Å². The number of hydrogen-bond donors (Lipinski definition) is 2. The van der Waals surface area contributed by atoms with Crippen molar-refractivity contribution in [3.8, 4) is 16.9 Å². The number of nitrogens with zero attached hydrogens (tertiary/aromatic N) is 3. The lowest BCUT2D eigenvalue weighted by Crippen LogP contribution is -2.27. The van der Waals surface area contributed by atoms with Crippen molar-refractivity contribution < 1.29 is 14.3 Å². The van der Waals surface area contributed by atoms with E-state index >= 15 is 0 Å². The minimum absolute atomic E-state index is 0.137. The van der Waals surface area contributed by atoms with Gasteiger partial charge in [-0.15, -0.1) is 0 Å². The van der Waals surface area contributed by atoms with Crippen LogP contribution < -0.4 is 15.4 Å². The molecular weight excluding hydrogens is 418 g/mol. The second-order valence-corrected chi connectivity index (χ2v) is 7.84. The van der Waals surface area contributed by atoms with Crippen molar-refractivity contribution in [2.75, 3.05) is 31.7 Å². The summed E-state index contributed by atoms with van der Waals surface area (Å²) in [7, 11) is 0. The Balaban J connectivity index is 1.50. The number of amides is 1. The van der Waals surface area contributed by atoms with Crippen molar-refractivity contribution in [1.82, 2.24) is 19.9 Å². The molecule has 2 aromatic heterocycles. The molecule has 168 valence electrons. The lowest BCUT2D eigenvalue weighted by molar-refractivity contribution is 0.0922. The number of aromatic nitrogens is 3. The highest BCUT2D eigenvalue weighted by atomic mass is 16.5. The van der Waals surface area contributed by atoms with E-state index in [-0.39, 0.29) is 11.9 Å². The quantitative estimate of drug-likeness (QED) is 0.502. The van der Waals surface area contributed by atoms with Crippen LogP contribution in [0, 0.1) is 0 Å². The van der Waals surface area contributed by atoms with Crippen molar-refractivity contribution in [3.05, 3.63) is 78.1 Å². The second-order valence-electron chi connectivity index (χ2n) is 7.84. The fourth-order valence-electron chi connectivity index (χ4n) is 3.83. The van der Waals surface area contributed by atoms with Gasteiger partial charge in [-0.3, -0.25) is 4.79 Å². The van der Waals surface area contributed by atoms with E-state index in [0.717, 1.165) is 28.2 Å². The maximum atomic E-state index is 13.1. The molecule has 4 bridgehead atoms. The highest BCUT2D eigenvalue weighted by Gasteiger charge is 2.19. The van der Waals surface area contributed by atoms with Crippen molar-refractivity contribution >= 4 is 17.4 Å². The second kappa shape index (κ2) is 9.30. The summed E-state index contributed by atoms with van der Waals surface area (Å²) < 4.78 is 13.4. The maximum Gasteiger partial charge on any atom is 0.255 e. The Bertz CT molecular complexity index is 1270. The first-order valence-electron chi connectivity index (χ1n) is 11.0. The van der Waals surface area contributed by atoms with Crippen molar-refractivity contribution in [1.29, 1.82) is 0 Å². The van der Waals surface area contributed by atoms with Crippen LogP contribution >= 0.6 is 0 Å². The highest BCUT2D eigenvalue weighted by Crippen LogP contribution is 2.30. The number of ether oxygens (including phenoxy) is 2. The van der Waals surface area contributed by atoms with Crippen LogP contribution in [0.1, 0.15) is 28.9 Å². The number of rotatable bonds is 3. The molecule has 1 unspecified atom stereocenters. The van der Waals surface area contributed by atoms with Gasteiger partial charge >= 0.3 is 0 Å². The minimum Gasteiger partial charge on any atom is -0.490 e. The molecular formula is C25H25N5O3. The van der Waals surface area contributed by atoms with Crippen LogP contribution in [0.15, 0.2) is 67.0 Å². The van der Waals surface area contributed by atoms with Crippen LogP contribution in [0.4, 0.5) is 5.82 Å². The Labute approximate surface area is 191 Å². The fraction of sp³-hybridized carbons (Fsp3) is 0.240. The van der Waals surface area contributed by atoms with Gasteiger partial charge in [-0.1, -0.05) is 36.4 Å². The Kier molecular flexibility index (Phi) is 5.91. The van der Waals surface area contributed by atoms with E-state index in [2.05, 4.69) is 15.7 Å². The lowest BCUT2D eigenvalue weighted by Gasteiger charge is -2.17. The summed E-state index contributed by atoms with van der Waals surface area (Å²) in [6.45, 7) is 3.86. The zero-order valence-corrected chi connectivity index (χ0v) is 18.3. The maximum absolute atomic E-state index is 13.1. The van der Waals surface area contributed by atoms with Gasteiger partial charge in [0.25, 0.3) is 5.91 Å². The summed E-state index contributed by atoms with van der Waals surface area (Å²) in [5.74, 6) is 1.06. The van der Waals surface area contributed by atoms with Gasteiger partial charge in [0.1, 0.15) is 18.2 Å². The molecule has 0 saturated carbocycles. The normalized spacial score (nSPS) is 14.7. The summed E-state index contributed by atoms with van der Waals surface area (Å²) in [5.41, 5.74) is 3.96. The molecule has 4 aromatic rings. The Hall–Kier alpha value is -3.91. The molecule has 8 nitrogen and oxygen atoms in total. The fourth-order valence-corrected chi connectivity index (χ4v) is 3.83. The molecule has 0 radical (unpaired) electrons. The van der Waals surface area contributed by atoms with E-state index in [1.54, 1.807) is 16.8 Å². The Morgan fingerprint density at radius 3 is 2.88 bits per heavy atom. The van der Waals surface area contributed by atoms with Crippen LogP contribution in [0.25, 0.3) is 16.8 Å². The average Bonchev–Trinajstić information content (AvgIpc) is 3.26. The predicted octanol–water partition coefficient (Wildman–Crippen LogP) is 3.71. The van der Waals surface area contributed by atoms with Crippen LogP contribution in [-0.2, 0) is 4.74 Å². The zero-order chi connectivity index (χ0) is 22.6. The topological polar surface area (TPSA) is 89.8 Å². The third-order valence-electron chi connectivity index (χ3n) is 5.59. The van der Waals surface area contributed by atoms with E-state index in [9.17, 15) is 4.79 Å². The Morgan fingerprint density at radius 1 is 1.12 bits per heavy atom. The van der Waals surface area contributed by atoms with E-state index in [0.29, 0.717) is 37.7 Å². The number of nitrogens with one attached hydrogen (secondary N) is 2. The number of carbonyl (C=O) groups excluding carboxylic acids is 1. The van der Waals surface area contributed by atoms with Crippen LogP contribution in [0.3, 0.4) is 0 Å². The smallest absolute Gasteiger partial charge is 0.255 e. The monoisotopic (exact) mass is 443 g/mol. The minimum atomic E-state index is -0.195. The van der Waals surface area contributed by atoms with Gasteiger partial charge in [-0.25, -0.2) is 9.50 Å². The summed E-state index contributed by atoms with van der Waals surface area (Å²) in [6.07, 6.45) is 3.64. The molecule has 3 heterocycles. The Morgan fingerprint density at radius 2 is 2.00 bits per heavy atom. The third-order valence-corrected chi connectivity index (χ3v) is 5.59. The molecule has 1 amide bonds. The molecule has 0 saturated heterocycles. The third kappa shape index (κ3) is 4.51. The molecule has 0 spiro atoms. The van der Waals surface area contributed by atoms with Gasteiger partial charge in [0, 0.05) is 18.3 Å². The van der Waals surface area contributed by atoms with E-state index in [1.807, 2.05) is 61.7 Å². The molecule has 0 fully saturated rings. The summed E-state index contributed by atoms with van der Waals surface area (Å²) in [4.78, 5) is 17.8. The highest BCUT2D eigenvalue weighted by molar-refractivity contribution is 5.98. The van der Waals surface area contributed by atoms with Gasteiger partial charge in [0.2, 0.25) is 0 Å². The predicted molar refractivity (Wildman–Crippen MR) is 126 cm³/mol. The van der Waals surface area contributed by atoms with Crippen LogP contribution in [0.5, 0.6) is 5.75 Å². The molecule has 8 heteroatoms. The van der Waals surface area contributed by atoms with Gasteiger partial charge < -0.3 is 20.1 Å². The summed E-state index contributed by atoms with van der Waals surface area (Å²) >= 11 is 0. The molecule has 1 atom stereocenters. The van der Waals surface area contributed by atoms with Crippen molar-refractivity contribution in [2.24, 2.45) is 0 Å². The van der Waals surface area contributed by atoms with E-state index in [1.165, 1.54) is 0 Å². The van der Waals surface area contributed by atoms with Crippen molar-refractivity contribution in [3.63, 3.8) is 0 Å². The standard InChI is InChI=1S/C25H25N5O3/c1-17(18-5-3-2-4-6-18)28-25(31)20-8-7-19-15-22(20)33-14-13-32-12-10-26-23-9-11-30-24(29-23)21(19)16-27-30/h2-9,11,15-17H,10,12-14H2,1H3,(H,26,29)(H,28,31). The summed E-state index contributed by atoms with van der Waals surface area (Å²) in [6, 6.07) is 17.2.